The third-order valence-corrected chi connectivity index (χ3v) is 6.16. The third kappa shape index (κ3) is 6.05. The van der Waals surface area contributed by atoms with Gasteiger partial charge >= 0.3 is 6.01 Å². The van der Waals surface area contributed by atoms with Crippen LogP contribution in [0.4, 0.5) is 5.95 Å². The molecule has 0 atom stereocenters. The van der Waals surface area contributed by atoms with Crippen LogP contribution in [0.5, 0.6) is 11.8 Å². The molecule has 0 saturated heterocycles. The number of aryl methyl sites for hydroxylation is 1. The number of hydrogen-bond donors (Lipinski definition) is 3. The molecule has 2 saturated carbocycles. The van der Waals surface area contributed by atoms with E-state index in [0.29, 0.717) is 48.1 Å². The van der Waals surface area contributed by atoms with Gasteiger partial charge in [0.25, 0.3) is 0 Å². The molecule has 2 aromatic rings. The number of ether oxygens (including phenoxy) is 2. The van der Waals surface area contributed by atoms with E-state index < -0.39 is 0 Å². The zero-order chi connectivity index (χ0) is 24.1. The van der Waals surface area contributed by atoms with Crippen LogP contribution in [-0.4, -0.2) is 51.2 Å². The molecule has 0 spiro atoms. The van der Waals surface area contributed by atoms with Crippen molar-refractivity contribution < 1.29 is 9.47 Å². The molecule has 0 amide bonds. The van der Waals surface area contributed by atoms with Crippen LogP contribution in [0, 0.1) is 6.92 Å². The topological polar surface area (TPSA) is 137 Å². The first-order valence-corrected chi connectivity index (χ1v) is 12.2. The number of nitrogens with two attached hydrogens (primary N) is 2. The van der Waals surface area contributed by atoms with Gasteiger partial charge in [0.05, 0.1) is 42.0 Å². The first-order chi connectivity index (χ1) is 16.4. The van der Waals surface area contributed by atoms with Crippen molar-refractivity contribution in [3.05, 3.63) is 35.0 Å². The fraction of sp³-hybridized carbons (Fsp3) is 0.583. The Kier molecular flexibility index (Phi) is 7.66. The molecule has 0 unspecified atom stereocenters. The monoisotopic (exact) mass is 468 g/mol. The Morgan fingerprint density at radius 1 is 1.09 bits per heavy atom. The lowest BCUT2D eigenvalue weighted by Crippen LogP contribution is -2.32. The number of hydrazine groups is 1. The molecular formula is C24H36N8O2. The average Bonchev–Trinajstić information content (AvgIpc) is 3.67. The SMILES string of the molecule is CCOc1nc(NC/C(=C(/N)c2ccc(OC3CCCCC3)c(C)n2)N(C)N)nc(C2CC2)n1. The zero-order valence-corrected chi connectivity index (χ0v) is 20.4. The molecule has 5 N–H and O–H groups in total. The van der Waals surface area contributed by atoms with Crippen molar-refractivity contribution in [1.82, 2.24) is 24.9 Å². The van der Waals surface area contributed by atoms with Crippen molar-refractivity contribution >= 4 is 11.6 Å². The van der Waals surface area contributed by atoms with E-state index >= 15 is 0 Å². The molecule has 2 heterocycles. The van der Waals surface area contributed by atoms with Gasteiger partial charge in [-0.1, -0.05) is 6.42 Å². The summed E-state index contributed by atoms with van der Waals surface area (Å²) in [6.07, 6.45) is 8.38. The summed E-state index contributed by atoms with van der Waals surface area (Å²) in [7, 11) is 1.74. The molecule has 0 aromatic carbocycles. The first kappa shape index (κ1) is 24.0. The molecule has 0 aliphatic heterocycles. The van der Waals surface area contributed by atoms with E-state index in [9.17, 15) is 0 Å². The Hall–Kier alpha value is -3.14. The van der Waals surface area contributed by atoms with Crippen molar-refractivity contribution in [3.8, 4) is 11.8 Å². The molecule has 2 aromatic heterocycles. The first-order valence-electron chi connectivity index (χ1n) is 12.2. The number of anilines is 1. The number of nitrogens with one attached hydrogen (secondary N) is 1. The van der Waals surface area contributed by atoms with Gasteiger partial charge < -0.3 is 25.5 Å². The summed E-state index contributed by atoms with van der Waals surface area (Å²) in [4.78, 5) is 18.0. The van der Waals surface area contributed by atoms with Gasteiger partial charge in [-0.15, -0.1) is 0 Å². The predicted octanol–water partition coefficient (Wildman–Crippen LogP) is 3.11. The second-order valence-corrected chi connectivity index (χ2v) is 8.99. The fourth-order valence-electron chi connectivity index (χ4n) is 4.07. The molecule has 10 nitrogen and oxygen atoms in total. The molecule has 10 heteroatoms. The Morgan fingerprint density at radius 2 is 1.85 bits per heavy atom. The summed E-state index contributed by atoms with van der Waals surface area (Å²) in [5.74, 6) is 8.50. The summed E-state index contributed by atoms with van der Waals surface area (Å²) in [5, 5.41) is 4.71. The van der Waals surface area contributed by atoms with E-state index in [4.69, 9.17) is 26.0 Å². The van der Waals surface area contributed by atoms with Gasteiger partial charge in [0, 0.05) is 13.0 Å². The molecule has 184 valence electrons. The predicted molar refractivity (Wildman–Crippen MR) is 131 cm³/mol. The maximum absolute atomic E-state index is 6.51. The van der Waals surface area contributed by atoms with Crippen LogP contribution >= 0.6 is 0 Å². The maximum Gasteiger partial charge on any atom is 0.321 e. The summed E-state index contributed by atoms with van der Waals surface area (Å²) in [5.41, 5.74) is 9.11. The highest BCUT2D eigenvalue weighted by molar-refractivity contribution is 5.64. The van der Waals surface area contributed by atoms with Crippen LogP contribution in [0.3, 0.4) is 0 Å². The highest BCUT2D eigenvalue weighted by Crippen LogP contribution is 2.38. The van der Waals surface area contributed by atoms with Crippen molar-refractivity contribution in [2.24, 2.45) is 11.6 Å². The van der Waals surface area contributed by atoms with E-state index in [1.54, 1.807) is 7.05 Å². The molecule has 0 radical (unpaired) electrons. The zero-order valence-electron chi connectivity index (χ0n) is 20.4. The highest BCUT2D eigenvalue weighted by atomic mass is 16.5. The number of nitrogens with zero attached hydrogens (tertiary/aromatic N) is 5. The van der Waals surface area contributed by atoms with Crippen LogP contribution < -0.4 is 26.4 Å². The van der Waals surface area contributed by atoms with E-state index in [-0.39, 0.29) is 6.10 Å². The second-order valence-electron chi connectivity index (χ2n) is 8.99. The lowest BCUT2D eigenvalue weighted by molar-refractivity contribution is 0.153. The summed E-state index contributed by atoms with van der Waals surface area (Å²) in [6, 6.07) is 4.15. The van der Waals surface area contributed by atoms with Crippen molar-refractivity contribution in [1.29, 1.82) is 0 Å². The van der Waals surface area contributed by atoms with Gasteiger partial charge in [-0.2, -0.15) is 15.0 Å². The van der Waals surface area contributed by atoms with Crippen LogP contribution in [0.25, 0.3) is 5.70 Å². The molecule has 4 rings (SSSR count). The summed E-state index contributed by atoms with van der Waals surface area (Å²) < 4.78 is 11.7. The Bertz CT molecular complexity index is 1020. The lowest BCUT2D eigenvalue weighted by Gasteiger charge is -2.24. The van der Waals surface area contributed by atoms with Crippen LogP contribution in [0.1, 0.15) is 75.0 Å². The minimum atomic E-state index is 0.269. The van der Waals surface area contributed by atoms with Crippen molar-refractivity contribution in [2.75, 3.05) is 25.5 Å². The largest absolute Gasteiger partial charge is 0.489 e. The van der Waals surface area contributed by atoms with E-state index in [1.807, 2.05) is 26.0 Å². The second kappa shape index (κ2) is 10.9. The molecule has 34 heavy (non-hydrogen) atoms. The standard InChI is InChI=1S/C24H36N8O2/c1-4-33-24-30-22(16-10-11-16)29-23(31-24)27-14-19(32(3)26)21(25)18-12-13-20(15(2)28-18)34-17-8-6-5-7-9-17/h12-13,16-17H,4-11,14,25-26H2,1-3H3,(H,27,29,30,31)/b21-19-. The third-order valence-electron chi connectivity index (χ3n) is 6.16. The van der Waals surface area contributed by atoms with E-state index in [2.05, 4.69) is 20.3 Å². The molecular weight excluding hydrogens is 432 g/mol. The molecule has 2 aliphatic rings. The van der Waals surface area contributed by atoms with Gasteiger partial charge in [0.2, 0.25) is 5.95 Å². The number of hydrogen-bond acceptors (Lipinski definition) is 10. The number of likely N-dealkylation sites (N-methyl/N-ethyl adjacent to an activating group) is 1. The molecule has 0 bridgehead atoms. The molecule has 2 fully saturated rings. The Balaban J connectivity index is 1.50. The fourth-order valence-corrected chi connectivity index (χ4v) is 4.07. The lowest BCUT2D eigenvalue weighted by atomic mass is 9.98. The van der Waals surface area contributed by atoms with Gasteiger partial charge in [0.1, 0.15) is 11.6 Å². The quantitative estimate of drug-likeness (QED) is 0.352. The van der Waals surface area contributed by atoms with Crippen LogP contribution in [0.2, 0.25) is 0 Å². The minimum Gasteiger partial charge on any atom is -0.489 e. The number of rotatable bonds is 10. The average molecular weight is 469 g/mol. The van der Waals surface area contributed by atoms with Crippen LogP contribution in [0.15, 0.2) is 17.8 Å². The summed E-state index contributed by atoms with van der Waals surface area (Å²) in [6.45, 7) is 4.65. The van der Waals surface area contributed by atoms with E-state index in [1.165, 1.54) is 24.3 Å². The smallest absolute Gasteiger partial charge is 0.321 e. The normalized spacial score (nSPS) is 17.2. The van der Waals surface area contributed by atoms with Crippen LogP contribution in [-0.2, 0) is 0 Å². The van der Waals surface area contributed by atoms with Gasteiger partial charge in [-0.25, -0.2) is 10.8 Å². The van der Waals surface area contributed by atoms with Crippen molar-refractivity contribution in [3.63, 3.8) is 0 Å². The summed E-state index contributed by atoms with van der Waals surface area (Å²) >= 11 is 0. The molecule has 2 aliphatic carbocycles. The van der Waals surface area contributed by atoms with Gasteiger partial charge in [0.15, 0.2) is 0 Å². The van der Waals surface area contributed by atoms with E-state index in [0.717, 1.165) is 43.0 Å². The number of pyridine rings is 1. The Morgan fingerprint density at radius 3 is 2.50 bits per heavy atom. The highest BCUT2D eigenvalue weighted by Gasteiger charge is 2.28. The van der Waals surface area contributed by atoms with Gasteiger partial charge in [-0.3, -0.25) is 0 Å². The maximum atomic E-state index is 6.51. The van der Waals surface area contributed by atoms with Crippen molar-refractivity contribution in [2.45, 2.75) is 70.8 Å². The van der Waals surface area contributed by atoms with Gasteiger partial charge in [-0.05, 0) is 64.5 Å². The Labute approximate surface area is 201 Å². The minimum absolute atomic E-state index is 0.269. The number of aromatic nitrogens is 4.